The lowest BCUT2D eigenvalue weighted by atomic mass is 9.93. The lowest BCUT2D eigenvalue weighted by Gasteiger charge is -2.18. The zero-order valence-electron chi connectivity index (χ0n) is 15.1. The first kappa shape index (κ1) is 19.8. The molecule has 2 aliphatic carbocycles. The van der Waals surface area contributed by atoms with Crippen LogP contribution in [-0.2, 0) is 15.6 Å². The molecular weight excluding hydrogens is 367 g/mol. The fourth-order valence-electron chi connectivity index (χ4n) is 3.86. The Kier molecular flexibility index (Phi) is 5.08. The van der Waals surface area contributed by atoms with Crippen molar-refractivity contribution < 1.29 is 31.5 Å². The molecule has 27 heavy (non-hydrogen) atoms. The number of carbonyl (C=O) groups excluding carboxylic acids is 1. The number of hydrogen-bond donors (Lipinski definition) is 0. The first-order valence-electron chi connectivity index (χ1n) is 9.00. The van der Waals surface area contributed by atoms with Gasteiger partial charge in [-0.2, -0.15) is 8.78 Å². The molecule has 3 rings (SSSR count). The summed E-state index contributed by atoms with van der Waals surface area (Å²) >= 11 is 0. The second-order valence-electron chi connectivity index (χ2n) is 7.87. The molecule has 2 aliphatic rings. The Balaban J connectivity index is 1.75. The summed E-state index contributed by atoms with van der Waals surface area (Å²) < 4.78 is 72.5. The van der Waals surface area contributed by atoms with E-state index >= 15 is 0 Å². The van der Waals surface area contributed by atoms with Crippen molar-refractivity contribution in [2.45, 2.75) is 52.1 Å². The van der Waals surface area contributed by atoms with Crippen molar-refractivity contribution in [1.29, 1.82) is 0 Å². The standard InChI is InChI=1S/C20H21F5O2/c1-19(2)13(10-11-6-4-3-5-7-11)15(19)18(26)27-20(24,25)12-8-9-14(21)17(23)16(12)22/h8-10,13,15H,3-7H2,1-2H3. The Hall–Kier alpha value is -1.92. The van der Waals surface area contributed by atoms with Gasteiger partial charge in [0.05, 0.1) is 5.92 Å². The molecule has 2 atom stereocenters. The van der Waals surface area contributed by atoms with Gasteiger partial charge >= 0.3 is 12.1 Å². The van der Waals surface area contributed by atoms with Gasteiger partial charge in [0.25, 0.3) is 0 Å². The van der Waals surface area contributed by atoms with Crippen molar-refractivity contribution in [3.05, 3.63) is 46.8 Å². The van der Waals surface area contributed by atoms with Crippen molar-refractivity contribution >= 4 is 5.97 Å². The van der Waals surface area contributed by atoms with Crippen LogP contribution in [0.5, 0.6) is 0 Å². The monoisotopic (exact) mass is 388 g/mol. The van der Waals surface area contributed by atoms with Crippen LogP contribution in [-0.4, -0.2) is 5.97 Å². The van der Waals surface area contributed by atoms with E-state index in [-0.39, 0.29) is 5.92 Å². The Bertz CT molecular complexity index is 777. The van der Waals surface area contributed by atoms with Crippen molar-refractivity contribution in [3.63, 3.8) is 0 Å². The summed E-state index contributed by atoms with van der Waals surface area (Å²) in [6, 6.07) is 0.743. The van der Waals surface area contributed by atoms with Crippen molar-refractivity contribution in [2.75, 3.05) is 0 Å². The molecule has 2 unspecified atom stereocenters. The van der Waals surface area contributed by atoms with Gasteiger partial charge in [-0.1, -0.05) is 31.9 Å². The highest BCUT2D eigenvalue weighted by Gasteiger charge is 2.63. The largest absolute Gasteiger partial charge is 0.431 e. The molecule has 1 aromatic rings. The van der Waals surface area contributed by atoms with Crippen LogP contribution in [0.25, 0.3) is 0 Å². The normalized spacial score (nSPS) is 24.5. The average Bonchev–Trinajstić information content (AvgIpc) is 3.13. The highest BCUT2D eigenvalue weighted by molar-refractivity contribution is 5.78. The smallest absolute Gasteiger partial charge is 0.397 e. The van der Waals surface area contributed by atoms with Crippen LogP contribution >= 0.6 is 0 Å². The van der Waals surface area contributed by atoms with Gasteiger partial charge in [0, 0.05) is 0 Å². The van der Waals surface area contributed by atoms with Gasteiger partial charge in [0.2, 0.25) is 0 Å². The molecule has 0 heterocycles. The number of rotatable bonds is 4. The van der Waals surface area contributed by atoms with Gasteiger partial charge in [0.15, 0.2) is 17.5 Å². The molecule has 0 N–H and O–H groups in total. The van der Waals surface area contributed by atoms with Crippen molar-refractivity contribution in [3.8, 4) is 0 Å². The number of allylic oxidation sites excluding steroid dienone is 2. The molecule has 2 saturated carbocycles. The topological polar surface area (TPSA) is 26.3 Å². The number of hydrogen-bond acceptors (Lipinski definition) is 2. The quantitative estimate of drug-likeness (QED) is 0.280. The molecule has 1 aromatic carbocycles. The zero-order chi connectivity index (χ0) is 20.0. The molecule has 7 heteroatoms. The van der Waals surface area contributed by atoms with Gasteiger partial charge < -0.3 is 4.74 Å². The zero-order valence-corrected chi connectivity index (χ0v) is 15.1. The maximum absolute atomic E-state index is 14.2. The van der Waals surface area contributed by atoms with Crippen molar-refractivity contribution in [2.24, 2.45) is 17.3 Å². The highest BCUT2D eigenvalue weighted by Crippen LogP contribution is 2.60. The summed E-state index contributed by atoms with van der Waals surface area (Å²) in [4.78, 5) is 12.3. The third kappa shape index (κ3) is 3.73. The minimum atomic E-state index is -4.39. The van der Waals surface area contributed by atoms with Crippen LogP contribution in [0.1, 0.15) is 51.5 Å². The second-order valence-corrected chi connectivity index (χ2v) is 7.87. The summed E-state index contributed by atoms with van der Waals surface area (Å²) in [5.41, 5.74) is -0.840. The first-order valence-corrected chi connectivity index (χ1v) is 9.00. The molecule has 0 saturated heterocycles. The minimum absolute atomic E-state index is 0.233. The van der Waals surface area contributed by atoms with Gasteiger partial charge in [0.1, 0.15) is 5.56 Å². The lowest BCUT2D eigenvalue weighted by Crippen LogP contribution is -2.26. The van der Waals surface area contributed by atoms with Crippen molar-refractivity contribution in [1.82, 2.24) is 0 Å². The molecule has 0 radical (unpaired) electrons. The van der Waals surface area contributed by atoms with E-state index in [4.69, 9.17) is 0 Å². The molecule has 0 amide bonds. The number of esters is 1. The maximum atomic E-state index is 14.2. The third-order valence-corrected chi connectivity index (χ3v) is 5.65. The fourth-order valence-corrected chi connectivity index (χ4v) is 3.86. The fraction of sp³-hybridized carbons (Fsp3) is 0.550. The molecular formula is C20H21F5O2. The molecule has 0 aromatic heterocycles. The summed E-state index contributed by atoms with van der Waals surface area (Å²) in [5.74, 6) is -7.89. The predicted octanol–water partition coefficient (Wildman–Crippen LogP) is 5.86. The van der Waals surface area contributed by atoms with Gasteiger partial charge in [-0.3, -0.25) is 4.79 Å². The van der Waals surface area contributed by atoms with Gasteiger partial charge in [-0.05, 0) is 49.1 Å². The molecule has 0 aliphatic heterocycles. The molecule has 2 nitrogen and oxygen atoms in total. The van der Waals surface area contributed by atoms with E-state index in [1.807, 2.05) is 6.08 Å². The number of alkyl halides is 2. The van der Waals surface area contributed by atoms with Crippen LogP contribution in [0.4, 0.5) is 22.0 Å². The molecule has 148 valence electrons. The van der Waals surface area contributed by atoms with E-state index in [1.54, 1.807) is 13.8 Å². The van der Waals surface area contributed by atoms with Gasteiger partial charge in [-0.15, -0.1) is 0 Å². The van der Waals surface area contributed by atoms with E-state index in [2.05, 4.69) is 4.74 Å². The summed E-state index contributed by atoms with van der Waals surface area (Å²) in [7, 11) is 0. The summed E-state index contributed by atoms with van der Waals surface area (Å²) in [6.45, 7) is 3.56. The van der Waals surface area contributed by atoms with Crippen LogP contribution in [0.15, 0.2) is 23.8 Å². The average molecular weight is 388 g/mol. The Labute approximate surface area is 154 Å². The van der Waals surface area contributed by atoms with E-state index in [0.717, 1.165) is 32.1 Å². The van der Waals surface area contributed by atoms with Crippen LogP contribution in [0.3, 0.4) is 0 Å². The maximum Gasteiger partial charge on any atom is 0.431 e. The second kappa shape index (κ2) is 6.91. The number of benzene rings is 1. The lowest BCUT2D eigenvalue weighted by molar-refractivity contribution is -0.243. The number of carbonyl (C=O) groups is 1. The Morgan fingerprint density at radius 2 is 1.74 bits per heavy atom. The van der Waals surface area contributed by atoms with E-state index in [0.29, 0.717) is 12.1 Å². The van der Waals surface area contributed by atoms with Gasteiger partial charge in [-0.25, -0.2) is 13.2 Å². The molecule has 0 bridgehead atoms. The van der Waals surface area contributed by atoms with Crippen LogP contribution in [0.2, 0.25) is 0 Å². The van der Waals surface area contributed by atoms with E-state index in [9.17, 15) is 26.7 Å². The SMILES string of the molecule is CC1(C)C(C=C2CCCCC2)C1C(=O)OC(F)(F)c1ccc(F)c(F)c1F. The summed E-state index contributed by atoms with van der Waals surface area (Å²) in [6.07, 6.45) is 2.75. The Morgan fingerprint density at radius 3 is 2.37 bits per heavy atom. The molecule has 2 fully saturated rings. The highest BCUT2D eigenvalue weighted by atomic mass is 19.3. The third-order valence-electron chi connectivity index (χ3n) is 5.65. The van der Waals surface area contributed by atoms with Crippen LogP contribution < -0.4 is 0 Å². The Morgan fingerprint density at radius 1 is 1.11 bits per heavy atom. The van der Waals surface area contributed by atoms with E-state index in [1.165, 1.54) is 5.57 Å². The predicted molar refractivity (Wildman–Crippen MR) is 88.2 cm³/mol. The molecule has 0 spiro atoms. The first-order chi connectivity index (χ1) is 12.6. The number of ether oxygens (including phenoxy) is 1. The summed E-state index contributed by atoms with van der Waals surface area (Å²) in [5, 5.41) is 0. The van der Waals surface area contributed by atoms with Crippen LogP contribution in [0, 0.1) is 34.7 Å². The number of halogens is 5. The van der Waals surface area contributed by atoms with E-state index < -0.39 is 46.4 Å². The minimum Gasteiger partial charge on any atom is -0.397 e.